The summed E-state index contributed by atoms with van der Waals surface area (Å²) in [5.41, 5.74) is 2.83. The molecule has 0 spiro atoms. The summed E-state index contributed by atoms with van der Waals surface area (Å²) in [5, 5.41) is 0. The van der Waals surface area contributed by atoms with Crippen molar-refractivity contribution in [3.8, 4) is 0 Å². The first-order valence-electron chi connectivity index (χ1n) is 10.9. The van der Waals surface area contributed by atoms with Crippen LogP contribution in [0.3, 0.4) is 0 Å². The Kier molecular flexibility index (Phi) is 6.79. The molecular weight excluding hydrogens is 457 g/mol. The lowest BCUT2D eigenvalue weighted by Crippen LogP contribution is -2.55. The second-order valence-electron chi connectivity index (χ2n) is 8.61. The van der Waals surface area contributed by atoms with Crippen LogP contribution in [0.2, 0.25) is 0 Å². The van der Waals surface area contributed by atoms with Crippen LogP contribution in [-0.4, -0.2) is 65.1 Å². The summed E-state index contributed by atoms with van der Waals surface area (Å²) >= 11 is 2.60. The molecule has 0 N–H and O–H groups in total. The molecule has 4 heteroatoms. The maximum atomic E-state index is 2.77. The summed E-state index contributed by atoms with van der Waals surface area (Å²) in [6.45, 7) is 11.9. The third-order valence-corrected chi connectivity index (χ3v) is 8.27. The number of hydrogen-bond donors (Lipinski definition) is 0. The fourth-order valence-electron chi connectivity index (χ4n) is 5.17. The van der Waals surface area contributed by atoms with Crippen LogP contribution < -0.4 is 4.90 Å². The van der Waals surface area contributed by atoms with Crippen molar-refractivity contribution < 1.29 is 0 Å². The molecule has 0 aromatic heterocycles. The molecule has 2 fully saturated rings. The van der Waals surface area contributed by atoms with Crippen molar-refractivity contribution in [2.75, 3.05) is 44.2 Å². The fraction of sp³-hybridized carbons (Fsp3) is 0.583. The molecule has 0 radical (unpaired) electrons. The first-order chi connectivity index (χ1) is 13.6. The van der Waals surface area contributed by atoms with Crippen LogP contribution >= 0.6 is 22.6 Å². The van der Waals surface area contributed by atoms with Crippen LogP contribution in [0, 0.1) is 12.8 Å². The number of benzene rings is 1. The zero-order chi connectivity index (χ0) is 19.5. The molecule has 152 valence electrons. The molecule has 1 aliphatic carbocycles. The van der Waals surface area contributed by atoms with Crippen molar-refractivity contribution in [2.24, 2.45) is 5.92 Å². The topological polar surface area (TPSA) is 9.72 Å². The van der Waals surface area contributed by atoms with Crippen molar-refractivity contribution in [3.05, 3.63) is 54.1 Å². The van der Waals surface area contributed by atoms with Gasteiger partial charge in [0.15, 0.2) is 0 Å². The first kappa shape index (κ1) is 20.4. The van der Waals surface area contributed by atoms with Gasteiger partial charge in [0.1, 0.15) is 0 Å². The Morgan fingerprint density at radius 2 is 1.61 bits per heavy atom. The Morgan fingerprint density at radius 3 is 2.29 bits per heavy atom. The monoisotopic (exact) mass is 491 g/mol. The number of halogens is 1. The number of piperidine rings is 1. The van der Waals surface area contributed by atoms with Gasteiger partial charge < -0.3 is 4.90 Å². The minimum absolute atomic E-state index is 0.629. The van der Waals surface area contributed by atoms with Crippen LogP contribution in [0.25, 0.3) is 0 Å². The van der Waals surface area contributed by atoms with E-state index < -0.39 is 0 Å². The van der Waals surface area contributed by atoms with E-state index in [-0.39, 0.29) is 0 Å². The molecular formula is C24H34IN3. The van der Waals surface area contributed by atoms with Crippen LogP contribution in [-0.2, 0) is 0 Å². The van der Waals surface area contributed by atoms with E-state index in [1.165, 1.54) is 50.3 Å². The Labute approximate surface area is 184 Å². The first-order valence-corrected chi connectivity index (χ1v) is 12.2. The minimum Gasteiger partial charge on any atom is -0.369 e. The highest BCUT2D eigenvalue weighted by Gasteiger charge is 2.32. The zero-order valence-corrected chi connectivity index (χ0v) is 19.5. The Bertz CT molecular complexity index is 700. The van der Waals surface area contributed by atoms with E-state index in [4.69, 9.17) is 0 Å². The van der Waals surface area contributed by atoms with Crippen LogP contribution in [0.1, 0.15) is 25.3 Å². The highest BCUT2D eigenvalue weighted by atomic mass is 127. The van der Waals surface area contributed by atoms with Crippen molar-refractivity contribution in [1.82, 2.24) is 9.80 Å². The lowest BCUT2D eigenvalue weighted by molar-refractivity contribution is 0.0740. The average molecular weight is 491 g/mol. The summed E-state index contributed by atoms with van der Waals surface area (Å²) in [7, 11) is 0. The molecule has 28 heavy (non-hydrogen) atoms. The van der Waals surface area contributed by atoms with Gasteiger partial charge in [0.25, 0.3) is 0 Å². The second-order valence-corrected chi connectivity index (χ2v) is 10.0. The second kappa shape index (κ2) is 9.31. The summed E-state index contributed by atoms with van der Waals surface area (Å²) < 4.78 is 0.629. The van der Waals surface area contributed by atoms with E-state index in [0.717, 1.165) is 19.1 Å². The zero-order valence-electron chi connectivity index (χ0n) is 17.3. The molecule has 2 saturated heterocycles. The number of rotatable bonds is 4. The molecule has 0 bridgehead atoms. The van der Waals surface area contributed by atoms with Crippen molar-refractivity contribution >= 4 is 28.3 Å². The number of anilines is 1. The van der Waals surface area contributed by atoms with Gasteiger partial charge in [0.2, 0.25) is 0 Å². The Balaban J connectivity index is 1.26. The number of aryl methyl sites for hydroxylation is 1. The normalized spacial score (nSPS) is 28.6. The molecule has 2 heterocycles. The summed E-state index contributed by atoms with van der Waals surface area (Å²) in [5.74, 6) is 0.653. The smallest absolute Gasteiger partial charge is 0.0396 e. The number of likely N-dealkylation sites (tertiary alicyclic amines) is 1. The molecule has 3 atom stereocenters. The maximum Gasteiger partial charge on any atom is 0.0396 e. The van der Waals surface area contributed by atoms with Gasteiger partial charge >= 0.3 is 0 Å². The molecule has 0 saturated carbocycles. The molecule has 3 aliphatic rings. The SMILES string of the molecule is Cc1ccccc1N1CCN(C2CCN(C(C)C3C=CC=CC3I)CC2)CC1. The van der Waals surface area contributed by atoms with Crippen molar-refractivity contribution in [2.45, 2.75) is 42.7 Å². The highest BCUT2D eigenvalue weighted by Crippen LogP contribution is 2.30. The molecule has 2 aliphatic heterocycles. The standard InChI is InChI=1S/C24H34IN3/c1-19-7-3-6-10-24(19)28-17-15-27(16-18-28)21-11-13-26(14-12-21)20(2)22-8-4-5-9-23(22)25/h3-10,20-23H,11-18H2,1-2H3. The number of allylic oxidation sites excluding steroid dienone is 3. The van der Waals surface area contributed by atoms with E-state index in [2.05, 4.69) is 99.7 Å². The number of para-hydroxylation sites is 1. The largest absolute Gasteiger partial charge is 0.369 e. The predicted octanol–water partition coefficient (Wildman–Crippen LogP) is 4.52. The number of nitrogens with zero attached hydrogens (tertiary/aromatic N) is 3. The van der Waals surface area contributed by atoms with Gasteiger partial charge in [-0.15, -0.1) is 0 Å². The molecule has 3 nitrogen and oxygen atoms in total. The Morgan fingerprint density at radius 1 is 0.929 bits per heavy atom. The molecule has 3 unspecified atom stereocenters. The molecule has 1 aromatic rings. The molecule has 0 amide bonds. The van der Waals surface area contributed by atoms with Gasteiger partial charge in [-0.1, -0.05) is 65.1 Å². The molecule has 4 rings (SSSR count). The van der Waals surface area contributed by atoms with Crippen molar-refractivity contribution in [1.29, 1.82) is 0 Å². The lowest BCUT2D eigenvalue weighted by Gasteiger charge is -2.45. The molecule has 1 aromatic carbocycles. The van der Waals surface area contributed by atoms with Crippen LogP contribution in [0.15, 0.2) is 48.6 Å². The van der Waals surface area contributed by atoms with E-state index in [0.29, 0.717) is 15.9 Å². The maximum absolute atomic E-state index is 2.77. The fourth-order valence-corrected chi connectivity index (χ4v) is 6.25. The van der Waals surface area contributed by atoms with Crippen LogP contribution in [0.5, 0.6) is 0 Å². The third kappa shape index (κ3) is 4.49. The Hall–Kier alpha value is -0.850. The minimum atomic E-state index is 0.629. The predicted molar refractivity (Wildman–Crippen MR) is 129 cm³/mol. The van der Waals surface area contributed by atoms with E-state index in [1.807, 2.05) is 0 Å². The van der Waals surface area contributed by atoms with Gasteiger partial charge in [-0.05, 0) is 51.4 Å². The summed E-state index contributed by atoms with van der Waals surface area (Å²) in [6, 6.07) is 10.2. The third-order valence-electron chi connectivity index (χ3n) is 7.03. The average Bonchev–Trinajstić information content (AvgIpc) is 2.74. The lowest BCUT2D eigenvalue weighted by atomic mass is 9.90. The van der Waals surface area contributed by atoms with E-state index in [1.54, 1.807) is 0 Å². The van der Waals surface area contributed by atoms with Gasteiger partial charge in [-0.25, -0.2) is 0 Å². The van der Waals surface area contributed by atoms with Gasteiger partial charge in [0.05, 0.1) is 0 Å². The summed E-state index contributed by atoms with van der Waals surface area (Å²) in [6.07, 6.45) is 11.8. The van der Waals surface area contributed by atoms with Gasteiger partial charge in [0, 0.05) is 53.8 Å². The van der Waals surface area contributed by atoms with Crippen molar-refractivity contribution in [3.63, 3.8) is 0 Å². The van der Waals surface area contributed by atoms with Crippen LogP contribution in [0.4, 0.5) is 5.69 Å². The summed E-state index contributed by atoms with van der Waals surface area (Å²) in [4.78, 5) is 8.08. The number of hydrogen-bond acceptors (Lipinski definition) is 3. The van der Waals surface area contributed by atoms with E-state index >= 15 is 0 Å². The quantitative estimate of drug-likeness (QED) is 0.453. The van der Waals surface area contributed by atoms with Gasteiger partial charge in [-0.2, -0.15) is 0 Å². The number of piperazine rings is 1. The number of alkyl halides is 1. The van der Waals surface area contributed by atoms with E-state index in [9.17, 15) is 0 Å². The van der Waals surface area contributed by atoms with Gasteiger partial charge in [-0.3, -0.25) is 9.80 Å². The highest BCUT2D eigenvalue weighted by molar-refractivity contribution is 14.1.